The lowest BCUT2D eigenvalue weighted by molar-refractivity contribution is 0.138. The summed E-state index contributed by atoms with van der Waals surface area (Å²) < 4.78 is 1.04. The zero-order chi connectivity index (χ0) is 22.3. The van der Waals surface area contributed by atoms with Gasteiger partial charge >= 0.3 is 0 Å². The third-order valence-corrected chi connectivity index (χ3v) is 6.43. The SMILES string of the molecule is CC(O)[C@@H](c1ccccc1)[C@H](NC(c1ccccc1)c1ccccc1)c1ccc(Br)cc1. The van der Waals surface area contributed by atoms with Crippen LogP contribution < -0.4 is 5.32 Å². The summed E-state index contributed by atoms with van der Waals surface area (Å²) in [5, 5.41) is 14.9. The Morgan fingerprint density at radius 2 is 1.03 bits per heavy atom. The van der Waals surface area contributed by atoms with E-state index in [9.17, 15) is 5.11 Å². The zero-order valence-corrected chi connectivity index (χ0v) is 19.7. The van der Waals surface area contributed by atoms with Crippen LogP contribution in [0.1, 0.15) is 47.2 Å². The maximum absolute atomic E-state index is 11.0. The zero-order valence-electron chi connectivity index (χ0n) is 18.1. The normalized spacial score (nSPS) is 14.1. The highest BCUT2D eigenvalue weighted by Crippen LogP contribution is 2.37. The standard InChI is InChI=1S/C29H28BrNO/c1-21(32)27(22-11-5-2-6-12-22)29(25-17-19-26(30)20-18-25)31-28(23-13-7-3-8-14-23)24-15-9-4-10-16-24/h2-21,27-29,31-32H,1H3/t21?,27-,29+/m0/s1. The van der Waals surface area contributed by atoms with Crippen molar-refractivity contribution >= 4 is 15.9 Å². The molecule has 0 amide bonds. The molecule has 32 heavy (non-hydrogen) atoms. The molecule has 0 aliphatic rings. The summed E-state index contributed by atoms with van der Waals surface area (Å²) in [4.78, 5) is 0. The number of nitrogens with one attached hydrogen (secondary N) is 1. The highest BCUT2D eigenvalue weighted by molar-refractivity contribution is 9.10. The minimum atomic E-state index is -0.536. The van der Waals surface area contributed by atoms with Gasteiger partial charge in [0.25, 0.3) is 0 Å². The number of hydrogen-bond acceptors (Lipinski definition) is 2. The Kier molecular flexibility index (Phi) is 7.54. The van der Waals surface area contributed by atoms with E-state index in [0.29, 0.717) is 0 Å². The van der Waals surface area contributed by atoms with Crippen LogP contribution in [0.4, 0.5) is 0 Å². The van der Waals surface area contributed by atoms with E-state index in [0.717, 1.165) is 15.6 Å². The topological polar surface area (TPSA) is 32.3 Å². The summed E-state index contributed by atoms with van der Waals surface area (Å²) in [7, 11) is 0. The van der Waals surface area contributed by atoms with Gasteiger partial charge in [-0.25, -0.2) is 0 Å². The molecule has 2 nitrogen and oxygen atoms in total. The van der Waals surface area contributed by atoms with Crippen LogP contribution in [0.3, 0.4) is 0 Å². The molecule has 0 spiro atoms. The van der Waals surface area contributed by atoms with Crippen LogP contribution in [0.15, 0.2) is 120 Å². The van der Waals surface area contributed by atoms with E-state index < -0.39 is 6.10 Å². The highest BCUT2D eigenvalue weighted by Gasteiger charge is 2.31. The summed E-state index contributed by atoms with van der Waals surface area (Å²) in [5.74, 6) is -0.118. The predicted molar refractivity (Wildman–Crippen MR) is 136 cm³/mol. The average molecular weight is 486 g/mol. The summed E-state index contributed by atoms with van der Waals surface area (Å²) in [6.45, 7) is 1.88. The molecule has 0 aliphatic carbocycles. The highest BCUT2D eigenvalue weighted by atomic mass is 79.9. The van der Waals surface area contributed by atoms with E-state index in [1.165, 1.54) is 11.1 Å². The second-order valence-corrected chi connectivity index (χ2v) is 9.04. The Hall–Kier alpha value is -2.72. The fourth-order valence-corrected chi connectivity index (χ4v) is 4.62. The smallest absolute Gasteiger partial charge is 0.0598 e. The molecule has 0 radical (unpaired) electrons. The van der Waals surface area contributed by atoms with Crippen molar-refractivity contribution in [2.45, 2.75) is 31.0 Å². The van der Waals surface area contributed by atoms with Crippen LogP contribution in [-0.2, 0) is 0 Å². The van der Waals surface area contributed by atoms with Gasteiger partial charge in [0.2, 0.25) is 0 Å². The first-order valence-electron chi connectivity index (χ1n) is 11.0. The predicted octanol–water partition coefficient (Wildman–Crippen LogP) is 7.03. The third-order valence-electron chi connectivity index (χ3n) is 5.90. The average Bonchev–Trinajstić information content (AvgIpc) is 2.84. The van der Waals surface area contributed by atoms with Gasteiger partial charge in [0.05, 0.1) is 12.1 Å². The quantitative estimate of drug-likeness (QED) is 0.280. The van der Waals surface area contributed by atoms with Gasteiger partial charge < -0.3 is 5.11 Å². The summed E-state index contributed by atoms with van der Waals surface area (Å²) in [6, 6.07) is 39.6. The van der Waals surface area contributed by atoms with Gasteiger partial charge in [-0.1, -0.05) is 119 Å². The Morgan fingerprint density at radius 3 is 1.47 bits per heavy atom. The van der Waals surface area contributed by atoms with E-state index >= 15 is 0 Å². The first-order chi connectivity index (χ1) is 15.6. The molecule has 0 fully saturated rings. The van der Waals surface area contributed by atoms with Crippen molar-refractivity contribution in [2.75, 3.05) is 0 Å². The molecular formula is C29H28BrNO. The van der Waals surface area contributed by atoms with E-state index in [4.69, 9.17) is 0 Å². The molecular weight excluding hydrogens is 458 g/mol. The van der Waals surface area contributed by atoms with Crippen molar-refractivity contribution < 1.29 is 5.11 Å². The van der Waals surface area contributed by atoms with Gasteiger partial charge in [-0.3, -0.25) is 5.32 Å². The van der Waals surface area contributed by atoms with Gasteiger partial charge in [0.1, 0.15) is 0 Å². The molecule has 4 aromatic rings. The van der Waals surface area contributed by atoms with E-state index in [-0.39, 0.29) is 18.0 Å². The van der Waals surface area contributed by atoms with Crippen molar-refractivity contribution in [1.82, 2.24) is 5.32 Å². The van der Waals surface area contributed by atoms with Crippen LogP contribution in [0.2, 0.25) is 0 Å². The van der Waals surface area contributed by atoms with Crippen molar-refractivity contribution in [3.63, 3.8) is 0 Å². The first-order valence-corrected chi connectivity index (χ1v) is 11.8. The molecule has 2 N–H and O–H groups in total. The number of hydrogen-bond donors (Lipinski definition) is 2. The lowest BCUT2D eigenvalue weighted by atomic mass is 9.82. The Bertz CT molecular complexity index is 1040. The Balaban J connectivity index is 1.82. The maximum atomic E-state index is 11.0. The van der Waals surface area contributed by atoms with Gasteiger partial charge in [-0.05, 0) is 41.3 Å². The van der Waals surface area contributed by atoms with Gasteiger partial charge in [0, 0.05) is 16.4 Å². The van der Waals surface area contributed by atoms with Crippen molar-refractivity contribution in [2.24, 2.45) is 0 Å². The molecule has 3 atom stereocenters. The van der Waals surface area contributed by atoms with E-state index in [1.54, 1.807) is 0 Å². The Labute approximate surface area is 199 Å². The van der Waals surface area contributed by atoms with Crippen LogP contribution in [0, 0.1) is 0 Å². The largest absolute Gasteiger partial charge is 0.393 e. The van der Waals surface area contributed by atoms with Crippen LogP contribution in [0.5, 0.6) is 0 Å². The molecule has 4 rings (SSSR count). The number of benzene rings is 4. The van der Waals surface area contributed by atoms with Crippen LogP contribution in [-0.4, -0.2) is 11.2 Å². The molecule has 4 aromatic carbocycles. The van der Waals surface area contributed by atoms with E-state index in [2.05, 4.69) is 106 Å². The molecule has 1 unspecified atom stereocenters. The number of aliphatic hydroxyl groups is 1. The number of rotatable bonds is 8. The van der Waals surface area contributed by atoms with Crippen molar-refractivity contribution in [1.29, 1.82) is 0 Å². The fraction of sp³-hybridized carbons (Fsp3) is 0.172. The van der Waals surface area contributed by atoms with Crippen molar-refractivity contribution in [3.05, 3.63) is 142 Å². The molecule has 3 heteroatoms. The van der Waals surface area contributed by atoms with Gasteiger partial charge in [-0.2, -0.15) is 0 Å². The minimum absolute atomic E-state index is 0.0176. The number of aliphatic hydroxyl groups excluding tert-OH is 1. The minimum Gasteiger partial charge on any atom is -0.393 e. The van der Waals surface area contributed by atoms with Crippen LogP contribution in [0.25, 0.3) is 0 Å². The Morgan fingerprint density at radius 1 is 0.594 bits per heavy atom. The second kappa shape index (κ2) is 10.7. The number of halogens is 1. The van der Waals surface area contributed by atoms with Crippen LogP contribution >= 0.6 is 15.9 Å². The maximum Gasteiger partial charge on any atom is 0.0598 e. The molecule has 0 aromatic heterocycles. The summed E-state index contributed by atoms with van der Waals surface area (Å²) in [6.07, 6.45) is -0.536. The van der Waals surface area contributed by atoms with Crippen molar-refractivity contribution in [3.8, 4) is 0 Å². The second-order valence-electron chi connectivity index (χ2n) is 8.13. The van der Waals surface area contributed by atoms with Gasteiger partial charge in [-0.15, -0.1) is 0 Å². The fourth-order valence-electron chi connectivity index (χ4n) is 4.36. The molecule has 0 bridgehead atoms. The summed E-state index contributed by atoms with van der Waals surface area (Å²) >= 11 is 3.56. The third kappa shape index (κ3) is 5.36. The lowest BCUT2D eigenvalue weighted by Gasteiger charge is -2.35. The molecule has 162 valence electrons. The molecule has 0 aliphatic heterocycles. The lowest BCUT2D eigenvalue weighted by Crippen LogP contribution is -2.35. The van der Waals surface area contributed by atoms with E-state index in [1.807, 2.05) is 37.3 Å². The summed E-state index contributed by atoms with van der Waals surface area (Å²) in [5.41, 5.74) is 4.64. The molecule has 0 saturated carbocycles. The monoisotopic (exact) mass is 485 g/mol. The van der Waals surface area contributed by atoms with Gasteiger partial charge in [0.15, 0.2) is 0 Å². The molecule has 0 saturated heterocycles. The first kappa shape index (κ1) is 22.5. The molecule has 0 heterocycles.